The van der Waals surface area contributed by atoms with E-state index < -0.39 is 12.1 Å². The molecule has 0 amide bonds. The Labute approximate surface area is 97.5 Å². The van der Waals surface area contributed by atoms with Crippen LogP contribution in [0, 0.1) is 12.3 Å². The third kappa shape index (κ3) is 15.0. The molecule has 0 aromatic rings. The van der Waals surface area contributed by atoms with Crippen molar-refractivity contribution >= 4 is 5.97 Å². The Bertz CT molecular complexity index is 276. The quantitative estimate of drug-likeness (QED) is 0.556. The Morgan fingerprint density at radius 1 is 1.56 bits per heavy atom. The van der Waals surface area contributed by atoms with Crippen LogP contribution in [0.2, 0.25) is 0 Å². The van der Waals surface area contributed by atoms with Crippen molar-refractivity contribution in [3.8, 4) is 12.3 Å². The van der Waals surface area contributed by atoms with Crippen molar-refractivity contribution in [2.75, 3.05) is 0 Å². The van der Waals surface area contributed by atoms with Gasteiger partial charge in [-0.2, -0.15) is 0 Å². The molecular formula is C13H20O3. The van der Waals surface area contributed by atoms with E-state index in [4.69, 9.17) is 21.4 Å². The summed E-state index contributed by atoms with van der Waals surface area (Å²) in [6, 6.07) is 0. The number of terminal acetylenes is 1. The van der Waals surface area contributed by atoms with Crippen LogP contribution in [0.4, 0.5) is 0 Å². The number of carboxylic acids is 1. The molecule has 0 unspecified atom stereocenters. The van der Waals surface area contributed by atoms with Crippen molar-refractivity contribution in [1.82, 2.24) is 0 Å². The molecule has 3 nitrogen and oxygen atoms in total. The number of rotatable bonds is 5. The lowest BCUT2D eigenvalue weighted by Gasteiger charge is -2.05. The molecule has 0 heterocycles. The molecule has 3 heteroatoms. The first-order valence-corrected chi connectivity index (χ1v) is 5.19. The molecular weight excluding hydrogens is 204 g/mol. The first kappa shape index (κ1) is 16.9. The van der Waals surface area contributed by atoms with Gasteiger partial charge in [0.15, 0.2) is 0 Å². The summed E-state index contributed by atoms with van der Waals surface area (Å²) in [7, 11) is 0. The van der Waals surface area contributed by atoms with Crippen molar-refractivity contribution in [3.63, 3.8) is 0 Å². The van der Waals surface area contributed by atoms with Crippen LogP contribution >= 0.6 is 0 Å². The standard InChI is InChI=1S/C11H16O.C2H4O2/c1-4-7-8-10(5-2)9-11(12)6-3;1-2(3)4/h3,11-12H,2,4,7-9H2,1H3;1H3,(H,3,4)/t11-;/m1./s1. The van der Waals surface area contributed by atoms with Crippen LogP contribution in [-0.4, -0.2) is 22.3 Å². The van der Waals surface area contributed by atoms with E-state index in [1.165, 1.54) is 0 Å². The molecule has 16 heavy (non-hydrogen) atoms. The van der Waals surface area contributed by atoms with Gasteiger partial charge in [-0.25, -0.2) is 0 Å². The van der Waals surface area contributed by atoms with E-state index in [0.717, 1.165) is 31.8 Å². The lowest BCUT2D eigenvalue weighted by Crippen LogP contribution is -2.03. The maximum absolute atomic E-state index is 9.13. The van der Waals surface area contributed by atoms with Gasteiger partial charge in [0.2, 0.25) is 0 Å². The molecule has 0 aliphatic carbocycles. The first-order chi connectivity index (χ1) is 7.47. The van der Waals surface area contributed by atoms with E-state index in [1.54, 1.807) is 0 Å². The van der Waals surface area contributed by atoms with Crippen LogP contribution in [-0.2, 0) is 4.79 Å². The van der Waals surface area contributed by atoms with Gasteiger partial charge in [-0.1, -0.05) is 25.8 Å². The van der Waals surface area contributed by atoms with Gasteiger partial charge in [0, 0.05) is 13.3 Å². The minimum absolute atomic E-state index is 0.514. The zero-order chi connectivity index (χ0) is 13.0. The third-order valence-electron chi connectivity index (χ3n) is 1.71. The molecule has 0 aromatic carbocycles. The van der Waals surface area contributed by atoms with Crippen molar-refractivity contribution in [2.45, 2.75) is 45.6 Å². The number of carbonyl (C=O) groups is 1. The predicted molar refractivity (Wildman–Crippen MR) is 64.9 cm³/mol. The van der Waals surface area contributed by atoms with E-state index in [2.05, 4.69) is 25.2 Å². The largest absolute Gasteiger partial charge is 0.481 e. The molecule has 0 aromatic heterocycles. The predicted octanol–water partition coefficient (Wildman–Crippen LogP) is 2.36. The first-order valence-electron chi connectivity index (χ1n) is 5.19. The third-order valence-corrected chi connectivity index (χ3v) is 1.71. The maximum Gasteiger partial charge on any atom is 0.300 e. The zero-order valence-electron chi connectivity index (χ0n) is 9.99. The highest BCUT2D eigenvalue weighted by atomic mass is 16.4. The number of aliphatic hydroxyl groups excluding tert-OH is 1. The molecule has 0 aliphatic heterocycles. The molecule has 0 saturated carbocycles. The fourth-order valence-electron chi connectivity index (χ4n) is 0.945. The van der Waals surface area contributed by atoms with Crippen LogP contribution in [0.25, 0.3) is 0 Å². The number of unbranched alkanes of at least 4 members (excludes halogenated alkanes) is 1. The van der Waals surface area contributed by atoms with Gasteiger partial charge >= 0.3 is 0 Å². The summed E-state index contributed by atoms with van der Waals surface area (Å²) in [5.74, 6) is 1.44. The number of hydrogen-bond acceptors (Lipinski definition) is 2. The summed E-state index contributed by atoms with van der Waals surface area (Å²) < 4.78 is 0. The Morgan fingerprint density at radius 2 is 2.06 bits per heavy atom. The second-order valence-corrected chi connectivity index (χ2v) is 3.29. The molecule has 0 bridgehead atoms. The highest BCUT2D eigenvalue weighted by Crippen LogP contribution is 2.11. The van der Waals surface area contributed by atoms with Crippen molar-refractivity contribution in [1.29, 1.82) is 0 Å². The average Bonchev–Trinajstić information content (AvgIpc) is 2.23. The highest BCUT2D eigenvalue weighted by molar-refractivity contribution is 5.62. The van der Waals surface area contributed by atoms with Crippen LogP contribution in [0.3, 0.4) is 0 Å². The van der Waals surface area contributed by atoms with Crippen LogP contribution in [0.5, 0.6) is 0 Å². The second-order valence-electron chi connectivity index (χ2n) is 3.29. The number of hydrogen-bond donors (Lipinski definition) is 2. The normalized spacial score (nSPS) is 10.1. The van der Waals surface area contributed by atoms with E-state index >= 15 is 0 Å². The second kappa shape index (κ2) is 11.6. The summed E-state index contributed by atoms with van der Waals surface area (Å²) in [4.78, 5) is 9.00. The molecule has 90 valence electrons. The average molecular weight is 224 g/mol. The molecule has 0 spiro atoms. The fourth-order valence-corrected chi connectivity index (χ4v) is 0.945. The summed E-state index contributed by atoms with van der Waals surface area (Å²) in [6.45, 7) is 6.77. The van der Waals surface area contributed by atoms with Crippen molar-refractivity contribution in [3.05, 3.63) is 17.9 Å². The summed E-state index contributed by atoms with van der Waals surface area (Å²) >= 11 is 0. The molecule has 0 rings (SSSR count). The smallest absolute Gasteiger partial charge is 0.300 e. The van der Waals surface area contributed by atoms with Gasteiger partial charge in [0.1, 0.15) is 6.10 Å². The molecule has 2 N–H and O–H groups in total. The van der Waals surface area contributed by atoms with Crippen LogP contribution < -0.4 is 0 Å². The Balaban J connectivity index is 0. The van der Waals surface area contributed by atoms with Crippen molar-refractivity contribution in [2.24, 2.45) is 0 Å². The lowest BCUT2D eigenvalue weighted by molar-refractivity contribution is -0.134. The minimum atomic E-state index is -0.833. The van der Waals surface area contributed by atoms with E-state index in [9.17, 15) is 0 Å². The number of aliphatic hydroxyl groups is 1. The maximum atomic E-state index is 9.13. The summed E-state index contributed by atoms with van der Waals surface area (Å²) in [5.41, 5.74) is 3.84. The molecule has 0 radical (unpaired) electrons. The SMILES string of the molecule is C#C[C@@H](O)CC(=C=C)CCCC.CC(=O)O. The van der Waals surface area contributed by atoms with Crippen LogP contribution in [0.15, 0.2) is 17.9 Å². The number of aliphatic carboxylic acids is 1. The molecule has 1 atom stereocenters. The van der Waals surface area contributed by atoms with E-state index in [1.807, 2.05) is 0 Å². The molecule has 0 aliphatic rings. The highest BCUT2D eigenvalue weighted by Gasteiger charge is 2.02. The van der Waals surface area contributed by atoms with E-state index in [-0.39, 0.29) is 0 Å². The van der Waals surface area contributed by atoms with Gasteiger partial charge < -0.3 is 10.2 Å². The number of carboxylic acid groups (broad SMARTS) is 1. The van der Waals surface area contributed by atoms with Gasteiger partial charge in [-0.15, -0.1) is 12.2 Å². The monoisotopic (exact) mass is 224 g/mol. The summed E-state index contributed by atoms with van der Waals surface area (Å²) in [5, 5.41) is 16.6. The van der Waals surface area contributed by atoms with Crippen LogP contribution in [0.1, 0.15) is 39.5 Å². The summed E-state index contributed by atoms with van der Waals surface area (Å²) in [6.07, 6.45) is 8.07. The minimum Gasteiger partial charge on any atom is -0.481 e. The van der Waals surface area contributed by atoms with Crippen molar-refractivity contribution < 1.29 is 15.0 Å². The topological polar surface area (TPSA) is 57.5 Å². The fraction of sp³-hybridized carbons (Fsp3) is 0.538. The Hall–Kier alpha value is -1.49. The molecule has 0 saturated heterocycles. The molecule has 0 fully saturated rings. The lowest BCUT2D eigenvalue weighted by atomic mass is 10.0. The van der Waals surface area contributed by atoms with Gasteiger partial charge in [-0.05, 0) is 18.4 Å². The zero-order valence-corrected chi connectivity index (χ0v) is 9.99. The van der Waals surface area contributed by atoms with Gasteiger partial charge in [0.05, 0.1) is 0 Å². The van der Waals surface area contributed by atoms with Gasteiger partial charge in [0.25, 0.3) is 5.97 Å². The van der Waals surface area contributed by atoms with E-state index in [0.29, 0.717) is 6.42 Å². The Kier molecular flexibility index (Phi) is 12.3. The Morgan fingerprint density at radius 3 is 2.38 bits per heavy atom. The van der Waals surface area contributed by atoms with Gasteiger partial charge in [-0.3, -0.25) is 4.79 Å².